The summed E-state index contributed by atoms with van der Waals surface area (Å²) in [6.07, 6.45) is 3.01. The van der Waals surface area contributed by atoms with E-state index < -0.39 is 5.97 Å². The quantitative estimate of drug-likeness (QED) is 0.763. The van der Waals surface area contributed by atoms with E-state index in [9.17, 15) is 9.59 Å². The average molecular weight is 219 g/mol. The fourth-order valence-corrected chi connectivity index (χ4v) is 1.62. The minimum atomic E-state index is -0.930. The molecular formula is C12H13NO3. The highest BCUT2D eigenvalue weighted by Gasteiger charge is 2.27. The van der Waals surface area contributed by atoms with Crippen molar-refractivity contribution in [1.82, 2.24) is 4.90 Å². The number of nitrogens with zero attached hydrogens (tertiary/aromatic N) is 1. The zero-order valence-electron chi connectivity index (χ0n) is 8.80. The standard InChI is InChI=1S/C12H13NO3/c14-8-13(11-5-6-11)7-9-1-3-10(4-2-9)12(15)16/h1-4,8,11H,5-7H2,(H,15,16). The van der Waals surface area contributed by atoms with Crippen LogP contribution in [0.2, 0.25) is 0 Å². The van der Waals surface area contributed by atoms with Crippen molar-refractivity contribution in [2.75, 3.05) is 0 Å². The number of carbonyl (C=O) groups excluding carboxylic acids is 1. The molecule has 0 aromatic heterocycles. The van der Waals surface area contributed by atoms with E-state index in [0.29, 0.717) is 12.6 Å². The van der Waals surface area contributed by atoms with Gasteiger partial charge in [0.05, 0.1) is 5.56 Å². The normalized spacial score (nSPS) is 14.5. The van der Waals surface area contributed by atoms with Crippen molar-refractivity contribution in [3.63, 3.8) is 0 Å². The van der Waals surface area contributed by atoms with Crippen LogP contribution in [0.5, 0.6) is 0 Å². The predicted molar refractivity (Wildman–Crippen MR) is 58.0 cm³/mol. The molecule has 4 heteroatoms. The number of carboxylic acids is 1. The van der Waals surface area contributed by atoms with E-state index >= 15 is 0 Å². The maximum Gasteiger partial charge on any atom is 0.335 e. The molecule has 1 aliphatic rings. The van der Waals surface area contributed by atoms with Crippen LogP contribution in [0.4, 0.5) is 0 Å². The summed E-state index contributed by atoms with van der Waals surface area (Å²) in [6, 6.07) is 7.02. The van der Waals surface area contributed by atoms with E-state index in [1.165, 1.54) is 0 Å². The number of benzene rings is 1. The van der Waals surface area contributed by atoms with Crippen LogP contribution in [0.25, 0.3) is 0 Å². The van der Waals surface area contributed by atoms with Gasteiger partial charge in [-0.1, -0.05) is 12.1 Å². The molecule has 1 aliphatic carbocycles. The zero-order chi connectivity index (χ0) is 11.5. The van der Waals surface area contributed by atoms with Crippen molar-refractivity contribution in [3.05, 3.63) is 35.4 Å². The van der Waals surface area contributed by atoms with Gasteiger partial charge in [-0.15, -0.1) is 0 Å². The number of hydrogen-bond acceptors (Lipinski definition) is 2. The highest BCUT2D eigenvalue weighted by Crippen LogP contribution is 2.26. The van der Waals surface area contributed by atoms with E-state index in [-0.39, 0.29) is 5.56 Å². The molecule has 1 saturated carbocycles. The average Bonchev–Trinajstić information content (AvgIpc) is 3.10. The molecule has 16 heavy (non-hydrogen) atoms. The maximum absolute atomic E-state index is 10.8. The van der Waals surface area contributed by atoms with Gasteiger partial charge in [-0.3, -0.25) is 4.79 Å². The van der Waals surface area contributed by atoms with Gasteiger partial charge in [0, 0.05) is 12.6 Å². The van der Waals surface area contributed by atoms with E-state index in [0.717, 1.165) is 24.8 Å². The molecule has 1 fully saturated rings. The number of rotatable bonds is 5. The second-order valence-electron chi connectivity index (χ2n) is 4.01. The Morgan fingerprint density at radius 2 is 2.00 bits per heavy atom. The molecule has 1 N–H and O–H groups in total. The van der Waals surface area contributed by atoms with Gasteiger partial charge in [-0.2, -0.15) is 0 Å². The lowest BCUT2D eigenvalue weighted by atomic mass is 10.1. The maximum atomic E-state index is 10.8. The molecule has 0 atom stereocenters. The Labute approximate surface area is 93.5 Å². The highest BCUT2D eigenvalue weighted by molar-refractivity contribution is 5.87. The Bertz CT molecular complexity index is 395. The van der Waals surface area contributed by atoms with Crippen molar-refractivity contribution in [2.45, 2.75) is 25.4 Å². The second kappa shape index (κ2) is 4.35. The van der Waals surface area contributed by atoms with E-state index in [4.69, 9.17) is 5.11 Å². The fraction of sp³-hybridized carbons (Fsp3) is 0.333. The molecule has 0 radical (unpaired) electrons. The zero-order valence-corrected chi connectivity index (χ0v) is 8.80. The molecule has 1 aromatic rings. The van der Waals surface area contributed by atoms with Crippen LogP contribution < -0.4 is 0 Å². The fourth-order valence-electron chi connectivity index (χ4n) is 1.62. The van der Waals surface area contributed by atoms with Crippen LogP contribution in [0.15, 0.2) is 24.3 Å². The molecule has 0 aliphatic heterocycles. The van der Waals surface area contributed by atoms with Crippen LogP contribution >= 0.6 is 0 Å². The summed E-state index contributed by atoms with van der Waals surface area (Å²) in [6.45, 7) is 0.564. The third-order valence-corrected chi connectivity index (χ3v) is 2.72. The van der Waals surface area contributed by atoms with Crippen molar-refractivity contribution >= 4 is 12.4 Å². The smallest absolute Gasteiger partial charge is 0.335 e. The van der Waals surface area contributed by atoms with Gasteiger partial charge in [-0.25, -0.2) is 4.79 Å². The number of carbonyl (C=O) groups is 2. The van der Waals surface area contributed by atoms with E-state index in [2.05, 4.69) is 0 Å². The van der Waals surface area contributed by atoms with Crippen molar-refractivity contribution < 1.29 is 14.7 Å². The molecule has 2 rings (SSSR count). The van der Waals surface area contributed by atoms with Gasteiger partial charge in [0.2, 0.25) is 6.41 Å². The lowest BCUT2D eigenvalue weighted by molar-refractivity contribution is -0.119. The molecule has 4 nitrogen and oxygen atoms in total. The molecule has 1 amide bonds. The monoisotopic (exact) mass is 219 g/mol. The number of carboxylic acid groups (broad SMARTS) is 1. The first-order chi connectivity index (χ1) is 7.70. The first-order valence-corrected chi connectivity index (χ1v) is 5.24. The van der Waals surface area contributed by atoms with Gasteiger partial charge in [0.1, 0.15) is 0 Å². The Kier molecular flexibility index (Phi) is 2.90. The van der Waals surface area contributed by atoms with Gasteiger partial charge in [0.15, 0.2) is 0 Å². The minimum Gasteiger partial charge on any atom is -0.478 e. The van der Waals surface area contributed by atoms with Crippen LogP contribution in [-0.4, -0.2) is 28.4 Å². The van der Waals surface area contributed by atoms with Crippen LogP contribution in [0, 0.1) is 0 Å². The SMILES string of the molecule is O=CN(Cc1ccc(C(=O)O)cc1)C1CC1. The van der Waals surface area contributed by atoms with Gasteiger partial charge >= 0.3 is 5.97 Å². The first-order valence-electron chi connectivity index (χ1n) is 5.24. The first kappa shape index (κ1) is 10.7. The third kappa shape index (κ3) is 2.39. The summed E-state index contributed by atoms with van der Waals surface area (Å²) >= 11 is 0. The largest absolute Gasteiger partial charge is 0.478 e. The van der Waals surface area contributed by atoms with Crippen molar-refractivity contribution in [2.24, 2.45) is 0 Å². The highest BCUT2D eigenvalue weighted by atomic mass is 16.4. The molecule has 0 bridgehead atoms. The summed E-state index contributed by atoms with van der Waals surface area (Å²) in [7, 11) is 0. The molecule has 0 saturated heterocycles. The molecule has 0 heterocycles. The number of hydrogen-bond donors (Lipinski definition) is 1. The summed E-state index contributed by atoms with van der Waals surface area (Å²) < 4.78 is 0. The Morgan fingerprint density at radius 1 is 1.38 bits per heavy atom. The van der Waals surface area contributed by atoms with Crippen LogP contribution in [-0.2, 0) is 11.3 Å². The second-order valence-corrected chi connectivity index (χ2v) is 4.01. The molecule has 84 valence electrons. The Morgan fingerprint density at radius 3 is 2.44 bits per heavy atom. The van der Waals surface area contributed by atoms with E-state index in [1.54, 1.807) is 29.2 Å². The predicted octanol–water partition coefficient (Wildman–Crippen LogP) is 1.51. The molecule has 0 unspecified atom stereocenters. The number of aromatic carboxylic acids is 1. The van der Waals surface area contributed by atoms with Crippen LogP contribution in [0.1, 0.15) is 28.8 Å². The lowest BCUT2D eigenvalue weighted by Crippen LogP contribution is -2.23. The third-order valence-electron chi connectivity index (χ3n) is 2.72. The summed E-state index contributed by atoms with van der Waals surface area (Å²) in [4.78, 5) is 23.2. The molecule has 1 aromatic carbocycles. The van der Waals surface area contributed by atoms with Gasteiger partial charge < -0.3 is 10.0 Å². The number of amides is 1. The summed E-state index contributed by atoms with van der Waals surface area (Å²) in [5, 5.41) is 8.74. The van der Waals surface area contributed by atoms with E-state index in [1.807, 2.05) is 0 Å². The Balaban J connectivity index is 2.03. The van der Waals surface area contributed by atoms with Crippen LogP contribution in [0.3, 0.4) is 0 Å². The summed E-state index contributed by atoms with van der Waals surface area (Å²) in [5.41, 5.74) is 1.23. The lowest BCUT2D eigenvalue weighted by Gasteiger charge is -2.16. The van der Waals surface area contributed by atoms with Crippen molar-refractivity contribution in [1.29, 1.82) is 0 Å². The summed E-state index contributed by atoms with van der Waals surface area (Å²) in [5.74, 6) is -0.930. The minimum absolute atomic E-state index is 0.271. The van der Waals surface area contributed by atoms with Crippen molar-refractivity contribution in [3.8, 4) is 0 Å². The molecule has 0 spiro atoms. The van der Waals surface area contributed by atoms with Gasteiger partial charge in [-0.05, 0) is 30.5 Å². The Hall–Kier alpha value is -1.84. The topological polar surface area (TPSA) is 57.6 Å². The molecular weight excluding hydrogens is 206 g/mol. The van der Waals surface area contributed by atoms with Gasteiger partial charge in [0.25, 0.3) is 0 Å².